The standard InChI is InChI=1S/C14H30O5/c1-10(2)14(19)8-7-12(17)4-3-11(16)5-6-13(18)9-15/h10-19H,3-9H2,1-2H3/t11-,12-,13-,14-/m0/s1. The number of aliphatic hydroxyl groups is 5. The summed E-state index contributed by atoms with van der Waals surface area (Å²) in [5, 5.41) is 46.8. The number of aliphatic hydroxyl groups excluding tert-OH is 5. The molecule has 0 saturated carbocycles. The van der Waals surface area contributed by atoms with Crippen LogP contribution >= 0.6 is 0 Å². The quantitative estimate of drug-likeness (QED) is 0.377. The molecule has 0 radical (unpaired) electrons. The Bertz CT molecular complexity index is 210. The molecule has 0 heterocycles. The maximum atomic E-state index is 9.74. The summed E-state index contributed by atoms with van der Waals surface area (Å²) >= 11 is 0. The lowest BCUT2D eigenvalue weighted by atomic mass is 9.97. The smallest absolute Gasteiger partial charge is 0.0771 e. The van der Waals surface area contributed by atoms with Crippen molar-refractivity contribution in [1.29, 1.82) is 0 Å². The van der Waals surface area contributed by atoms with Gasteiger partial charge in [0.05, 0.1) is 31.0 Å². The van der Waals surface area contributed by atoms with Gasteiger partial charge in [-0.1, -0.05) is 13.8 Å². The Hall–Kier alpha value is -0.200. The zero-order chi connectivity index (χ0) is 14.8. The summed E-state index contributed by atoms with van der Waals surface area (Å²) in [5.74, 6) is 0.192. The van der Waals surface area contributed by atoms with Crippen LogP contribution in [-0.4, -0.2) is 56.6 Å². The number of hydrogen-bond donors (Lipinski definition) is 5. The van der Waals surface area contributed by atoms with Gasteiger partial charge in [-0.05, 0) is 44.4 Å². The molecule has 0 aliphatic rings. The van der Waals surface area contributed by atoms with Gasteiger partial charge in [0.1, 0.15) is 0 Å². The molecule has 5 nitrogen and oxygen atoms in total. The van der Waals surface area contributed by atoms with Gasteiger partial charge in [0.25, 0.3) is 0 Å². The molecular weight excluding hydrogens is 248 g/mol. The van der Waals surface area contributed by atoms with E-state index < -0.39 is 18.3 Å². The van der Waals surface area contributed by atoms with Crippen molar-refractivity contribution >= 4 is 0 Å². The Kier molecular flexibility index (Phi) is 10.5. The fourth-order valence-electron chi connectivity index (χ4n) is 1.85. The molecule has 5 N–H and O–H groups in total. The number of hydrogen-bond acceptors (Lipinski definition) is 5. The SMILES string of the molecule is CC(C)[C@@H](O)CC[C@@H](O)CC[C@H](O)CC[C@H](O)CO. The van der Waals surface area contributed by atoms with Gasteiger partial charge in [0, 0.05) is 0 Å². The molecule has 19 heavy (non-hydrogen) atoms. The van der Waals surface area contributed by atoms with Crippen molar-refractivity contribution in [1.82, 2.24) is 0 Å². The van der Waals surface area contributed by atoms with Crippen LogP contribution in [0.5, 0.6) is 0 Å². The highest BCUT2D eigenvalue weighted by molar-refractivity contribution is 4.67. The van der Waals surface area contributed by atoms with Crippen LogP contribution in [0.3, 0.4) is 0 Å². The summed E-state index contributed by atoms with van der Waals surface area (Å²) in [4.78, 5) is 0. The third-order valence-electron chi connectivity index (χ3n) is 3.44. The highest BCUT2D eigenvalue weighted by Crippen LogP contribution is 2.15. The molecule has 0 aliphatic carbocycles. The van der Waals surface area contributed by atoms with E-state index in [0.717, 1.165) is 0 Å². The predicted molar refractivity (Wildman–Crippen MR) is 73.7 cm³/mol. The summed E-state index contributed by atoms with van der Waals surface area (Å²) < 4.78 is 0. The van der Waals surface area contributed by atoms with Crippen LogP contribution in [-0.2, 0) is 0 Å². The minimum atomic E-state index is -0.777. The van der Waals surface area contributed by atoms with Crippen molar-refractivity contribution in [2.24, 2.45) is 5.92 Å². The second kappa shape index (κ2) is 10.6. The summed E-state index contributed by atoms with van der Waals surface area (Å²) in [6, 6.07) is 0. The van der Waals surface area contributed by atoms with Crippen molar-refractivity contribution < 1.29 is 25.5 Å². The lowest BCUT2D eigenvalue weighted by Gasteiger charge is -2.18. The molecular formula is C14H30O5. The van der Waals surface area contributed by atoms with E-state index >= 15 is 0 Å². The maximum Gasteiger partial charge on any atom is 0.0771 e. The molecule has 0 spiro atoms. The first kappa shape index (κ1) is 18.8. The molecule has 5 heteroatoms. The van der Waals surface area contributed by atoms with E-state index in [1.165, 1.54) is 0 Å². The van der Waals surface area contributed by atoms with Crippen molar-refractivity contribution in [3.63, 3.8) is 0 Å². The fraction of sp³-hybridized carbons (Fsp3) is 1.00. The summed E-state index contributed by atoms with van der Waals surface area (Å²) in [6.45, 7) is 3.59. The zero-order valence-corrected chi connectivity index (χ0v) is 12.1. The monoisotopic (exact) mass is 278 g/mol. The van der Waals surface area contributed by atoms with Gasteiger partial charge in [0.15, 0.2) is 0 Å². The van der Waals surface area contributed by atoms with E-state index in [0.29, 0.717) is 38.5 Å². The van der Waals surface area contributed by atoms with E-state index in [2.05, 4.69) is 0 Å². The normalized spacial score (nSPS) is 18.3. The topological polar surface area (TPSA) is 101 Å². The fourth-order valence-corrected chi connectivity index (χ4v) is 1.85. The first-order valence-electron chi connectivity index (χ1n) is 7.19. The summed E-state index contributed by atoms with van der Waals surface area (Å²) in [5.41, 5.74) is 0. The second-order valence-corrected chi connectivity index (χ2v) is 5.69. The average Bonchev–Trinajstić information content (AvgIpc) is 2.39. The molecule has 4 atom stereocenters. The molecule has 0 saturated heterocycles. The van der Waals surface area contributed by atoms with Crippen LogP contribution in [0.15, 0.2) is 0 Å². The van der Waals surface area contributed by atoms with Crippen LogP contribution in [0.25, 0.3) is 0 Å². The van der Waals surface area contributed by atoms with E-state index in [-0.39, 0.29) is 18.6 Å². The Labute approximate surface area is 115 Å². The first-order chi connectivity index (χ1) is 8.86. The molecule has 0 aromatic carbocycles. The van der Waals surface area contributed by atoms with Crippen molar-refractivity contribution in [2.75, 3.05) is 6.61 Å². The van der Waals surface area contributed by atoms with Gasteiger partial charge >= 0.3 is 0 Å². The third kappa shape index (κ3) is 10.3. The molecule has 0 aliphatic heterocycles. The largest absolute Gasteiger partial charge is 0.394 e. The van der Waals surface area contributed by atoms with Crippen molar-refractivity contribution in [3.05, 3.63) is 0 Å². The maximum absolute atomic E-state index is 9.74. The zero-order valence-electron chi connectivity index (χ0n) is 12.1. The molecule has 0 bridgehead atoms. The van der Waals surface area contributed by atoms with Crippen LogP contribution in [0.1, 0.15) is 52.4 Å². The van der Waals surface area contributed by atoms with Gasteiger partial charge < -0.3 is 25.5 Å². The van der Waals surface area contributed by atoms with E-state index in [1.807, 2.05) is 13.8 Å². The Morgan fingerprint density at radius 1 is 0.632 bits per heavy atom. The molecule has 0 rings (SSSR count). The van der Waals surface area contributed by atoms with Crippen molar-refractivity contribution in [3.8, 4) is 0 Å². The minimum Gasteiger partial charge on any atom is -0.394 e. The molecule has 116 valence electrons. The van der Waals surface area contributed by atoms with Gasteiger partial charge in [-0.15, -0.1) is 0 Å². The van der Waals surface area contributed by atoms with E-state index in [1.54, 1.807) is 0 Å². The Balaban J connectivity index is 3.63. The van der Waals surface area contributed by atoms with Gasteiger partial charge in [-0.25, -0.2) is 0 Å². The number of rotatable bonds is 11. The molecule has 0 unspecified atom stereocenters. The summed E-state index contributed by atoms with van der Waals surface area (Å²) in [6.07, 6.45) is 0.599. The average molecular weight is 278 g/mol. The molecule has 0 aromatic heterocycles. The lowest BCUT2D eigenvalue weighted by Crippen LogP contribution is -2.20. The van der Waals surface area contributed by atoms with E-state index in [9.17, 15) is 15.3 Å². The molecule has 0 aromatic rings. The van der Waals surface area contributed by atoms with Crippen LogP contribution in [0.4, 0.5) is 0 Å². The third-order valence-corrected chi connectivity index (χ3v) is 3.44. The van der Waals surface area contributed by atoms with Gasteiger partial charge in [0.2, 0.25) is 0 Å². The van der Waals surface area contributed by atoms with Crippen molar-refractivity contribution in [2.45, 2.75) is 76.8 Å². The minimum absolute atomic E-state index is 0.192. The van der Waals surface area contributed by atoms with Gasteiger partial charge in [-0.3, -0.25) is 0 Å². The Morgan fingerprint density at radius 2 is 1.00 bits per heavy atom. The highest BCUT2D eigenvalue weighted by atomic mass is 16.3. The second-order valence-electron chi connectivity index (χ2n) is 5.69. The lowest BCUT2D eigenvalue weighted by molar-refractivity contribution is 0.0545. The van der Waals surface area contributed by atoms with Crippen LogP contribution in [0.2, 0.25) is 0 Å². The molecule has 0 amide bonds. The van der Waals surface area contributed by atoms with Crippen LogP contribution in [0, 0.1) is 5.92 Å². The first-order valence-corrected chi connectivity index (χ1v) is 7.19. The Morgan fingerprint density at radius 3 is 1.37 bits per heavy atom. The van der Waals surface area contributed by atoms with E-state index in [4.69, 9.17) is 10.2 Å². The predicted octanol–water partition coefficient (Wildman–Crippen LogP) is 0.419. The molecule has 0 fully saturated rings. The summed E-state index contributed by atoms with van der Waals surface area (Å²) in [7, 11) is 0. The van der Waals surface area contributed by atoms with Crippen LogP contribution < -0.4 is 0 Å². The van der Waals surface area contributed by atoms with Gasteiger partial charge in [-0.2, -0.15) is 0 Å². The highest BCUT2D eigenvalue weighted by Gasteiger charge is 2.14.